The third-order valence-electron chi connectivity index (χ3n) is 5.15. The van der Waals surface area contributed by atoms with E-state index in [1.807, 2.05) is 0 Å². The summed E-state index contributed by atoms with van der Waals surface area (Å²) in [7, 11) is 2.76. The first-order valence-corrected chi connectivity index (χ1v) is 13.1. The van der Waals surface area contributed by atoms with Crippen molar-refractivity contribution in [2.24, 2.45) is 11.1 Å². The average molecular weight is 557 g/mol. The van der Waals surface area contributed by atoms with Crippen molar-refractivity contribution in [3.8, 4) is 0 Å². The van der Waals surface area contributed by atoms with Crippen molar-refractivity contribution < 1.29 is 43.0 Å². The number of nitrogens with zero attached hydrogens (tertiary/aromatic N) is 3. The van der Waals surface area contributed by atoms with Crippen LogP contribution in [0.25, 0.3) is 0 Å². The zero-order chi connectivity index (χ0) is 27.3. The molecule has 2 aliphatic heterocycles. The van der Waals surface area contributed by atoms with Gasteiger partial charge in [-0.1, -0.05) is 5.16 Å². The average Bonchev–Trinajstić information content (AvgIpc) is 3.25. The van der Waals surface area contributed by atoms with E-state index >= 15 is 0 Å². The summed E-state index contributed by atoms with van der Waals surface area (Å²) in [6, 6.07) is 0. The molecule has 1 amide bonds. The second-order valence-electron chi connectivity index (χ2n) is 8.23. The zero-order valence-electron chi connectivity index (χ0n) is 20.9. The molecule has 1 saturated heterocycles. The fourth-order valence-electron chi connectivity index (χ4n) is 3.70. The van der Waals surface area contributed by atoms with Gasteiger partial charge in [0.1, 0.15) is 18.5 Å². The van der Waals surface area contributed by atoms with Gasteiger partial charge in [0.25, 0.3) is 0 Å². The molecule has 13 nitrogen and oxygen atoms in total. The quantitative estimate of drug-likeness (QED) is 0.138. The number of fused-ring (bicyclic) bond motifs is 1. The van der Waals surface area contributed by atoms with E-state index in [0.717, 1.165) is 11.3 Å². The summed E-state index contributed by atoms with van der Waals surface area (Å²) in [5, 5.41) is 5.11. The molecule has 1 aromatic heterocycles. The number of ether oxygens (including phenoxy) is 4. The van der Waals surface area contributed by atoms with Crippen LogP contribution in [0.3, 0.4) is 0 Å². The number of thioether (sulfide) groups is 1. The first-order chi connectivity index (χ1) is 17.6. The molecular formula is C22H28N4O9S2. The lowest BCUT2D eigenvalue weighted by Gasteiger charge is -2.49. The summed E-state index contributed by atoms with van der Waals surface area (Å²) >= 11 is 2.54. The molecule has 1 aromatic rings. The van der Waals surface area contributed by atoms with Gasteiger partial charge in [0, 0.05) is 31.6 Å². The Kier molecular flexibility index (Phi) is 9.50. The fraction of sp³-hybridized carbons (Fsp3) is 0.545. The third-order valence-corrected chi connectivity index (χ3v) is 7.22. The maximum absolute atomic E-state index is 13.2. The summed E-state index contributed by atoms with van der Waals surface area (Å²) in [5.74, 6) is -2.10. The number of esters is 1. The molecule has 0 aliphatic carbocycles. The minimum atomic E-state index is -1.27. The van der Waals surface area contributed by atoms with E-state index in [9.17, 15) is 19.2 Å². The van der Waals surface area contributed by atoms with Crippen LogP contribution < -0.4 is 5.73 Å². The molecule has 0 radical (unpaired) electrons. The van der Waals surface area contributed by atoms with Gasteiger partial charge < -0.3 is 29.5 Å². The highest BCUT2D eigenvalue weighted by Gasteiger charge is 2.54. The Morgan fingerprint density at radius 1 is 1.22 bits per heavy atom. The Balaban J connectivity index is 1.74. The number of methoxy groups -OCH3 is 1. The predicted molar refractivity (Wildman–Crippen MR) is 133 cm³/mol. The topological polar surface area (TPSA) is 169 Å². The van der Waals surface area contributed by atoms with Gasteiger partial charge in [-0.25, -0.2) is 14.6 Å². The number of carbonyl (C=O) groups is 4. The molecule has 3 atom stereocenters. The monoisotopic (exact) mass is 556 g/mol. The standard InChI is InChI=1S/C22H28N4O9S2/c1-10(2)33-22(30)35-11(3)34-20(29)17-12(7-31-4)8-36-19-13(18(28)26(17)19)6-15(27)16(25-32-5)14-9-37-21(23)24-14/h9-11,13,19H,6-8H2,1-5H3,(H2,23,24)/b25-16-/t11?,13-,19-/m1/s1. The summed E-state index contributed by atoms with van der Waals surface area (Å²) in [6.45, 7) is 4.73. The Labute approximate surface area is 221 Å². The van der Waals surface area contributed by atoms with Crippen molar-refractivity contribution in [3.05, 3.63) is 22.3 Å². The van der Waals surface area contributed by atoms with Crippen molar-refractivity contribution in [1.29, 1.82) is 0 Å². The van der Waals surface area contributed by atoms with Crippen LogP contribution in [0.4, 0.5) is 9.93 Å². The molecule has 1 fully saturated rings. The van der Waals surface area contributed by atoms with Crippen LogP contribution in [0, 0.1) is 5.92 Å². The minimum absolute atomic E-state index is 0.00466. The highest BCUT2D eigenvalue weighted by Crippen LogP contribution is 2.45. The largest absolute Gasteiger partial charge is 0.511 e. The number of hydrogen-bond donors (Lipinski definition) is 1. The molecule has 0 saturated carbocycles. The molecule has 2 N–H and O–H groups in total. The molecular weight excluding hydrogens is 528 g/mol. The Morgan fingerprint density at radius 2 is 1.95 bits per heavy atom. The van der Waals surface area contributed by atoms with E-state index in [0.29, 0.717) is 11.3 Å². The number of nitrogens with two attached hydrogens (primary N) is 1. The van der Waals surface area contributed by atoms with Crippen LogP contribution in [0.1, 0.15) is 32.9 Å². The van der Waals surface area contributed by atoms with Gasteiger partial charge in [-0.2, -0.15) is 0 Å². The van der Waals surface area contributed by atoms with Gasteiger partial charge in [-0.3, -0.25) is 14.5 Å². The number of aromatic nitrogens is 1. The minimum Gasteiger partial charge on any atom is -0.431 e. The van der Waals surface area contributed by atoms with E-state index in [-0.39, 0.29) is 35.3 Å². The van der Waals surface area contributed by atoms with Gasteiger partial charge in [-0.05, 0) is 19.4 Å². The number of nitrogen functional groups attached to an aromatic ring is 1. The lowest BCUT2D eigenvalue weighted by molar-refractivity contribution is -0.170. The van der Waals surface area contributed by atoms with Crippen molar-refractivity contribution >= 4 is 57.8 Å². The van der Waals surface area contributed by atoms with Crippen LogP contribution in [0.15, 0.2) is 21.8 Å². The van der Waals surface area contributed by atoms with Crippen molar-refractivity contribution in [2.45, 2.75) is 45.0 Å². The molecule has 37 heavy (non-hydrogen) atoms. The first-order valence-electron chi connectivity index (χ1n) is 11.2. The van der Waals surface area contributed by atoms with E-state index in [2.05, 4.69) is 10.1 Å². The number of anilines is 1. The van der Waals surface area contributed by atoms with Gasteiger partial charge in [0.15, 0.2) is 16.6 Å². The van der Waals surface area contributed by atoms with E-state index in [4.69, 9.17) is 29.5 Å². The van der Waals surface area contributed by atoms with Gasteiger partial charge in [-0.15, -0.1) is 23.1 Å². The SMILES string of the molecule is COCC1=C(C(=O)OC(C)OC(=O)OC(C)C)N2C(=O)[C@@H](CC(=O)/C(=N\OC)c3csc(N)n3)[C@H]2SC1. The zero-order valence-corrected chi connectivity index (χ0v) is 22.6. The second kappa shape index (κ2) is 12.4. The third kappa shape index (κ3) is 6.59. The molecule has 2 aliphatic rings. The summed E-state index contributed by atoms with van der Waals surface area (Å²) in [5.41, 5.74) is 6.41. The van der Waals surface area contributed by atoms with Gasteiger partial charge in [0.05, 0.1) is 24.0 Å². The predicted octanol–water partition coefficient (Wildman–Crippen LogP) is 1.92. The Bertz CT molecular complexity index is 1120. The number of ketones is 1. The highest BCUT2D eigenvalue weighted by molar-refractivity contribution is 8.00. The molecule has 3 heterocycles. The van der Waals surface area contributed by atoms with Crippen molar-refractivity contribution in [3.63, 3.8) is 0 Å². The highest BCUT2D eigenvalue weighted by atomic mass is 32.2. The molecule has 3 rings (SSSR count). The summed E-state index contributed by atoms with van der Waals surface area (Å²) in [6.07, 6.45) is -2.85. The summed E-state index contributed by atoms with van der Waals surface area (Å²) < 4.78 is 20.3. The Morgan fingerprint density at radius 3 is 2.54 bits per heavy atom. The number of rotatable bonds is 11. The van der Waals surface area contributed by atoms with E-state index in [1.54, 1.807) is 19.2 Å². The van der Waals surface area contributed by atoms with Crippen LogP contribution in [0.2, 0.25) is 0 Å². The maximum Gasteiger partial charge on any atom is 0.511 e. The smallest absolute Gasteiger partial charge is 0.431 e. The molecule has 0 spiro atoms. The van der Waals surface area contributed by atoms with Crippen LogP contribution >= 0.6 is 23.1 Å². The van der Waals surface area contributed by atoms with Crippen molar-refractivity contribution in [1.82, 2.24) is 9.88 Å². The number of oxime groups is 1. The number of amides is 1. The normalized spacial score (nSPS) is 20.2. The lowest BCUT2D eigenvalue weighted by Crippen LogP contribution is -2.62. The summed E-state index contributed by atoms with van der Waals surface area (Å²) in [4.78, 5) is 61.1. The molecule has 1 unspecified atom stereocenters. The second-order valence-corrected chi connectivity index (χ2v) is 10.2. The van der Waals surface area contributed by atoms with Crippen LogP contribution in [0.5, 0.6) is 0 Å². The van der Waals surface area contributed by atoms with Crippen LogP contribution in [-0.2, 0) is 38.2 Å². The molecule has 15 heteroatoms. The molecule has 0 bridgehead atoms. The lowest BCUT2D eigenvalue weighted by atomic mass is 9.89. The van der Waals surface area contributed by atoms with Gasteiger partial charge in [0.2, 0.25) is 12.2 Å². The number of β-lactam (4-membered cyclic amide) rings is 1. The number of thiazole rings is 1. The van der Waals surface area contributed by atoms with Crippen LogP contribution in [-0.4, -0.2) is 83.8 Å². The van der Waals surface area contributed by atoms with Gasteiger partial charge >= 0.3 is 12.1 Å². The van der Waals surface area contributed by atoms with Crippen molar-refractivity contribution in [2.75, 3.05) is 32.3 Å². The van der Waals surface area contributed by atoms with E-state index in [1.165, 1.54) is 37.8 Å². The Hall–Kier alpha value is -3.17. The van der Waals surface area contributed by atoms with E-state index < -0.39 is 47.5 Å². The fourth-order valence-corrected chi connectivity index (χ4v) is 5.65. The molecule has 0 aromatic carbocycles. The maximum atomic E-state index is 13.2. The number of hydrogen-bond acceptors (Lipinski definition) is 14. The number of carbonyl (C=O) groups excluding carboxylic acids is 4. The molecule has 202 valence electrons. The number of Topliss-reactive ketones (excluding diaryl/α,β-unsaturated/α-hetero) is 1. The first kappa shape index (κ1) is 28.4.